The molecule has 0 spiro atoms. The van der Waals surface area contributed by atoms with Crippen molar-refractivity contribution in [2.24, 2.45) is 0 Å². The fourth-order valence-corrected chi connectivity index (χ4v) is 2.28. The lowest BCUT2D eigenvalue weighted by Crippen LogP contribution is -2.16. The zero-order chi connectivity index (χ0) is 18.2. The van der Waals surface area contributed by atoms with E-state index in [1.807, 2.05) is 6.92 Å². The Hall–Kier alpha value is -1.32. The van der Waals surface area contributed by atoms with Crippen LogP contribution in [0.25, 0.3) is 0 Å². The average Bonchev–Trinajstić information content (AvgIpc) is 2.57. The number of ether oxygens (including phenoxy) is 2. The Balaban J connectivity index is 4.75. The van der Waals surface area contributed by atoms with Crippen LogP contribution in [0.15, 0.2) is 11.1 Å². The van der Waals surface area contributed by atoms with Crippen molar-refractivity contribution < 1.29 is 19.1 Å². The highest BCUT2D eigenvalue weighted by molar-refractivity contribution is 5.99. The normalized spacial score (nSPS) is 11.8. The van der Waals surface area contributed by atoms with Crippen molar-refractivity contribution in [2.75, 3.05) is 13.2 Å². The molecule has 0 aromatic heterocycles. The fraction of sp³-hybridized carbons (Fsp3) is 0.800. The van der Waals surface area contributed by atoms with E-state index in [0.29, 0.717) is 30.8 Å². The molecule has 24 heavy (non-hydrogen) atoms. The first-order valence-corrected chi connectivity index (χ1v) is 9.62. The molecule has 140 valence electrons. The largest absolute Gasteiger partial charge is 0.462 e. The predicted octanol–water partition coefficient (Wildman–Crippen LogP) is 5.35. The van der Waals surface area contributed by atoms with Crippen molar-refractivity contribution in [3.63, 3.8) is 0 Å². The van der Waals surface area contributed by atoms with Gasteiger partial charge in [0.25, 0.3) is 0 Å². The van der Waals surface area contributed by atoms with Gasteiger partial charge >= 0.3 is 11.9 Å². The summed E-state index contributed by atoms with van der Waals surface area (Å²) in [5.74, 6) is -0.747. The third-order valence-corrected chi connectivity index (χ3v) is 4.00. The van der Waals surface area contributed by atoms with Gasteiger partial charge in [0.05, 0.1) is 13.2 Å². The van der Waals surface area contributed by atoms with Crippen LogP contribution in [0.4, 0.5) is 0 Å². The topological polar surface area (TPSA) is 52.6 Å². The second-order valence-corrected chi connectivity index (χ2v) is 6.25. The summed E-state index contributed by atoms with van der Waals surface area (Å²) >= 11 is 0. The summed E-state index contributed by atoms with van der Waals surface area (Å²) in [6.07, 6.45) is 9.73. The quantitative estimate of drug-likeness (QED) is 0.243. The molecule has 0 aliphatic rings. The third-order valence-electron chi connectivity index (χ3n) is 4.00. The van der Waals surface area contributed by atoms with Crippen LogP contribution in [0.5, 0.6) is 0 Å². The molecule has 0 fully saturated rings. The van der Waals surface area contributed by atoms with E-state index in [9.17, 15) is 9.59 Å². The van der Waals surface area contributed by atoms with Gasteiger partial charge in [-0.2, -0.15) is 0 Å². The van der Waals surface area contributed by atoms with Gasteiger partial charge in [-0.3, -0.25) is 0 Å². The van der Waals surface area contributed by atoms with Gasteiger partial charge in [0.2, 0.25) is 0 Å². The first kappa shape index (κ1) is 22.7. The maximum absolute atomic E-state index is 12.3. The number of esters is 2. The molecular formula is C20H36O4. The van der Waals surface area contributed by atoms with E-state index in [1.54, 1.807) is 6.92 Å². The molecule has 4 nitrogen and oxygen atoms in total. The number of hydrogen-bond donors (Lipinski definition) is 0. The molecule has 0 atom stereocenters. The molecule has 0 aromatic carbocycles. The van der Waals surface area contributed by atoms with E-state index < -0.39 is 0 Å². The molecular weight excluding hydrogens is 304 g/mol. The van der Waals surface area contributed by atoms with E-state index in [2.05, 4.69) is 13.8 Å². The highest BCUT2D eigenvalue weighted by atomic mass is 16.5. The summed E-state index contributed by atoms with van der Waals surface area (Å²) in [6.45, 7) is 8.76. The molecule has 0 aliphatic heterocycles. The van der Waals surface area contributed by atoms with Gasteiger partial charge in [0.15, 0.2) is 0 Å². The van der Waals surface area contributed by atoms with Gasteiger partial charge in [-0.05, 0) is 32.6 Å². The molecule has 0 saturated heterocycles. The summed E-state index contributed by atoms with van der Waals surface area (Å²) < 4.78 is 10.6. The number of carbonyl (C=O) groups excluding carboxylic acids is 2. The molecule has 0 unspecified atom stereocenters. The molecule has 0 amide bonds. The Morgan fingerprint density at radius 2 is 1.17 bits per heavy atom. The van der Waals surface area contributed by atoms with Gasteiger partial charge in [0.1, 0.15) is 0 Å². The lowest BCUT2D eigenvalue weighted by molar-refractivity contribution is -0.142. The fourth-order valence-electron chi connectivity index (χ4n) is 2.28. The minimum Gasteiger partial charge on any atom is -0.462 e. The van der Waals surface area contributed by atoms with Crippen LogP contribution in [0, 0.1) is 0 Å². The SMILES string of the molecule is CCCCCCC/C(C(=O)OCCCC)=C(\C)C(=O)OCCCC. The summed E-state index contributed by atoms with van der Waals surface area (Å²) in [7, 11) is 0. The van der Waals surface area contributed by atoms with Gasteiger partial charge in [-0.1, -0.05) is 59.3 Å². The van der Waals surface area contributed by atoms with Gasteiger partial charge in [-0.15, -0.1) is 0 Å². The van der Waals surface area contributed by atoms with E-state index in [-0.39, 0.29) is 11.9 Å². The van der Waals surface area contributed by atoms with Crippen molar-refractivity contribution in [3.8, 4) is 0 Å². The van der Waals surface area contributed by atoms with Crippen LogP contribution in [0.1, 0.15) is 91.9 Å². The maximum atomic E-state index is 12.3. The van der Waals surface area contributed by atoms with E-state index >= 15 is 0 Å². The summed E-state index contributed by atoms with van der Waals surface area (Å²) in [4.78, 5) is 24.5. The Morgan fingerprint density at radius 3 is 1.71 bits per heavy atom. The van der Waals surface area contributed by atoms with Crippen LogP contribution in [0.2, 0.25) is 0 Å². The smallest absolute Gasteiger partial charge is 0.334 e. The molecule has 0 aliphatic carbocycles. The molecule has 0 saturated carbocycles. The average molecular weight is 341 g/mol. The minimum atomic E-state index is -0.389. The first-order chi connectivity index (χ1) is 11.6. The van der Waals surface area contributed by atoms with Crippen LogP contribution in [-0.2, 0) is 19.1 Å². The van der Waals surface area contributed by atoms with Crippen molar-refractivity contribution in [1.29, 1.82) is 0 Å². The van der Waals surface area contributed by atoms with Crippen molar-refractivity contribution >= 4 is 11.9 Å². The second kappa shape index (κ2) is 15.2. The molecule has 0 aromatic rings. The molecule has 0 radical (unpaired) electrons. The van der Waals surface area contributed by atoms with E-state index in [0.717, 1.165) is 44.9 Å². The Labute approximate surface area is 148 Å². The predicted molar refractivity (Wildman–Crippen MR) is 97.8 cm³/mol. The zero-order valence-corrected chi connectivity index (χ0v) is 16.1. The molecule has 0 bridgehead atoms. The van der Waals surface area contributed by atoms with Gasteiger partial charge < -0.3 is 9.47 Å². The molecule has 0 rings (SSSR count). The van der Waals surface area contributed by atoms with E-state index in [1.165, 1.54) is 12.8 Å². The van der Waals surface area contributed by atoms with Gasteiger partial charge in [0, 0.05) is 11.1 Å². The standard InChI is InChI=1S/C20H36O4/c1-5-8-11-12-13-14-18(20(22)24-16-10-7-3)17(4)19(21)23-15-9-6-2/h5-16H2,1-4H3/b18-17-. The van der Waals surface area contributed by atoms with Crippen molar-refractivity contribution in [2.45, 2.75) is 91.9 Å². The number of unbranched alkanes of at least 4 members (excludes halogenated alkanes) is 6. The molecule has 0 N–H and O–H groups in total. The Kier molecular flexibility index (Phi) is 14.4. The molecule has 0 heterocycles. The second-order valence-electron chi connectivity index (χ2n) is 6.25. The Bertz CT molecular complexity index is 385. The van der Waals surface area contributed by atoms with Gasteiger partial charge in [-0.25, -0.2) is 9.59 Å². The summed E-state index contributed by atoms with van der Waals surface area (Å²) in [6, 6.07) is 0. The monoisotopic (exact) mass is 340 g/mol. The molecule has 4 heteroatoms. The lowest BCUT2D eigenvalue weighted by atomic mass is 10.0. The minimum absolute atomic E-state index is 0.358. The highest BCUT2D eigenvalue weighted by Gasteiger charge is 2.19. The number of rotatable bonds is 14. The Morgan fingerprint density at radius 1 is 0.667 bits per heavy atom. The van der Waals surface area contributed by atoms with Crippen LogP contribution < -0.4 is 0 Å². The van der Waals surface area contributed by atoms with Crippen LogP contribution in [-0.4, -0.2) is 25.2 Å². The summed E-state index contributed by atoms with van der Waals surface area (Å²) in [5, 5.41) is 0. The zero-order valence-electron chi connectivity index (χ0n) is 16.1. The summed E-state index contributed by atoms with van der Waals surface area (Å²) in [5.41, 5.74) is 0.896. The van der Waals surface area contributed by atoms with E-state index in [4.69, 9.17) is 9.47 Å². The van der Waals surface area contributed by atoms with Crippen molar-refractivity contribution in [3.05, 3.63) is 11.1 Å². The van der Waals surface area contributed by atoms with Crippen LogP contribution in [0.3, 0.4) is 0 Å². The lowest BCUT2D eigenvalue weighted by Gasteiger charge is -2.12. The first-order valence-electron chi connectivity index (χ1n) is 9.62. The third kappa shape index (κ3) is 10.5. The van der Waals surface area contributed by atoms with Crippen LogP contribution >= 0.6 is 0 Å². The highest BCUT2D eigenvalue weighted by Crippen LogP contribution is 2.18. The maximum Gasteiger partial charge on any atom is 0.334 e. The van der Waals surface area contributed by atoms with Crippen molar-refractivity contribution in [1.82, 2.24) is 0 Å². The number of hydrogen-bond acceptors (Lipinski definition) is 4. The number of carbonyl (C=O) groups is 2.